The van der Waals surface area contributed by atoms with Gasteiger partial charge >= 0.3 is 0 Å². The fourth-order valence-electron chi connectivity index (χ4n) is 3.67. The quantitative estimate of drug-likeness (QED) is 0.785. The second-order valence-electron chi connectivity index (χ2n) is 6.40. The minimum atomic E-state index is -0.206. The average molecular weight is 319 g/mol. The van der Waals surface area contributed by atoms with Gasteiger partial charge < -0.3 is 5.32 Å². The molecule has 0 spiro atoms. The molecule has 0 unspecified atom stereocenters. The summed E-state index contributed by atoms with van der Waals surface area (Å²) in [5, 5.41) is 2.88. The summed E-state index contributed by atoms with van der Waals surface area (Å²) >= 11 is 0. The summed E-state index contributed by atoms with van der Waals surface area (Å²) < 4.78 is 0. The van der Waals surface area contributed by atoms with Crippen LogP contribution in [0.4, 0.5) is 5.69 Å². The van der Waals surface area contributed by atoms with E-state index in [2.05, 4.69) is 5.32 Å². The number of fused-ring (bicyclic) bond motifs is 2. The van der Waals surface area contributed by atoms with E-state index < -0.39 is 0 Å². The van der Waals surface area contributed by atoms with Gasteiger partial charge in [-0.05, 0) is 18.9 Å². The summed E-state index contributed by atoms with van der Waals surface area (Å²) in [7, 11) is 0. The zero-order valence-corrected chi connectivity index (χ0v) is 13.2. The Morgan fingerprint density at radius 1 is 0.833 bits per heavy atom. The Balaban J connectivity index is 1.75. The van der Waals surface area contributed by atoms with Crippen LogP contribution in [0.15, 0.2) is 42.5 Å². The second-order valence-corrected chi connectivity index (χ2v) is 6.40. The summed E-state index contributed by atoms with van der Waals surface area (Å²) in [5.41, 5.74) is 1.94. The Morgan fingerprint density at radius 3 is 2.17 bits per heavy atom. The molecule has 0 aliphatic heterocycles. The van der Waals surface area contributed by atoms with Gasteiger partial charge in [-0.15, -0.1) is 0 Å². The van der Waals surface area contributed by atoms with Crippen LogP contribution in [-0.4, -0.2) is 17.5 Å². The van der Waals surface area contributed by atoms with Crippen LogP contribution in [0.5, 0.6) is 0 Å². The second kappa shape index (κ2) is 5.71. The van der Waals surface area contributed by atoms with E-state index in [1.807, 2.05) is 0 Å². The predicted molar refractivity (Wildman–Crippen MR) is 90.3 cm³/mol. The minimum absolute atomic E-state index is 0.00235. The molecule has 1 fully saturated rings. The fraction of sp³-hybridized carbons (Fsp3) is 0.250. The maximum Gasteiger partial charge on any atom is 0.227 e. The summed E-state index contributed by atoms with van der Waals surface area (Å²) in [6, 6.07) is 11.9. The molecule has 1 saturated carbocycles. The Labute approximate surface area is 139 Å². The molecule has 1 amide bonds. The van der Waals surface area contributed by atoms with E-state index in [1.54, 1.807) is 42.5 Å². The number of hydrogen-bond donors (Lipinski definition) is 1. The van der Waals surface area contributed by atoms with Gasteiger partial charge in [0.1, 0.15) is 0 Å². The molecule has 0 aromatic heterocycles. The van der Waals surface area contributed by atoms with Crippen molar-refractivity contribution in [1.29, 1.82) is 0 Å². The van der Waals surface area contributed by atoms with Gasteiger partial charge in [-0.1, -0.05) is 49.2 Å². The average Bonchev–Trinajstić information content (AvgIpc) is 3.14. The summed E-state index contributed by atoms with van der Waals surface area (Å²) in [4.78, 5) is 38.0. The zero-order chi connectivity index (χ0) is 16.7. The number of ketones is 2. The molecule has 2 aromatic carbocycles. The lowest BCUT2D eigenvalue weighted by Gasteiger charge is -2.21. The first kappa shape index (κ1) is 14.8. The number of rotatable bonds is 2. The highest BCUT2D eigenvalue weighted by Gasteiger charge is 2.32. The molecule has 4 rings (SSSR count). The van der Waals surface area contributed by atoms with Crippen molar-refractivity contribution >= 4 is 23.2 Å². The van der Waals surface area contributed by atoms with Gasteiger partial charge in [0, 0.05) is 22.6 Å². The SMILES string of the molecule is O=C1c2ccccc2C(=O)c2c(NC(=O)C3CCCC3)cccc21. The predicted octanol–water partition coefficient (Wildman–Crippen LogP) is 3.59. The topological polar surface area (TPSA) is 63.2 Å². The van der Waals surface area contributed by atoms with Gasteiger partial charge in [-0.3, -0.25) is 14.4 Å². The van der Waals surface area contributed by atoms with Crippen molar-refractivity contribution in [2.45, 2.75) is 25.7 Å². The number of carbonyl (C=O) groups excluding carboxylic acids is 3. The van der Waals surface area contributed by atoms with Crippen molar-refractivity contribution in [2.75, 3.05) is 5.32 Å². The minimum Gasteiger partial charge on any atom is -0.325 e. The molecular weight excluding hydrogens is 302 g/mol. The first-order valence-corrected chi connectivity index (χ1v) is 8.29. The lowest BCUT2D eigenvalue weighted by atomic mass is 9.83. The molecule has 24 heavy (non-hydrogen) atoms. The number of carbonyl (C=O) groups is 3. The van der Waals surface area contributed by atoms with E-state index in [0.717, 1.165) is 25.7 Å². The van der Waals surface area contributed by atoms with E-state index in [-0.39, 0.29) is 23.4 Å². The van der Waals surface area contributed by atoms with Crippen LogP contribution in [0.25, 0.3) is 0 Å². The van der Waals surface area contributed by atoms with Gasteiger partial charge in [0.25, 0.3) is 0 Å². The highest BCUT2D eigenvalue weighted by atomic mass is 16.2. The van der Waals surface area contributed by atoms with Crippen LogP contribution in [-0.2, 0) is 4.79 Å². The summed E-state index contributed by atoms with van der Waals surface area (Å²) in [6.07, 6.45) is 3.90. The van der Waals surface area contributed by atoms with Crippen molar-refractivity contribution in [3.05, 3.63) is 64.7 Å². The van der Waals surface area contributed by atoms with Crippen LogP contribution in [0.3, 0.4) is 0 Å². The third-order valence-corrected chi connectivity index (χ3v) is 4.94. The molecule has 0 atom stereocenters. The number of hydrogen-bond acceptors (Lipinski definition) is 3. The lowest BCUT2D eigenvalue weighted by molar-refractivity contribution is -0.119. The molecule has 1 N–H and O–H groups in total. The third kappa shape index (κ3) is 2.26. The highest BCUT2D eigenvalue weighted by Crippen LogP contribution is 2.33. The Bertz CT molecular complexity index is 863. The number of benzene rings is 2. The molecule has 0 saturated heterocycles. The fourth-order valence-corrected chi connectivity index (χ4v) is 3.67. The third-order valence-electron chi connectivity index (χ3n) is 4.94. The van der Waals surface area contributed by atoms with Crippen molar-refractivity contribution in [1.82, 2.24) is 0 Å². The maximum atomic E-state index is 12.9. The molecule has 2 aliphatic rings. The van der Waals surface area contributed by atoms with E-state index in [4.69, 9.17) is 0 Å². The first-order valence-electron chi connectivity index (χ1n) is 8.29. The smallest absolute Gasteiger partial charge is 0.227 e. The molecule has 4 nitrogen and oxygen atoms in total. The molecule has 0 radical (unpaired) electrons. The van der Waals surface area contributed by atoms with Gasteiger partial charge in [0.05, 0.1) is 11.3 Å². The molecule has 2 aromatic rings. The normalized spacial score (nSPS) is 16.7. The number of anilines is 1. The standard InChI is InChI=1S/C20H17NO3/c22-18-13-8-3-4-9-14(13)19(23)17-15(18)10-5-11-16(17)21-20(24)12-6-1-2-7-12/h3-5,8-12H,1-2,6-7H2,(H,21,24). The molecular formula is C20H17NO3. The van der Waals surface area contributed by atoms with Crippen molar-refractivity contribution in [2.24, 2.45) is 5.92 Å². The van der Waals surface area contributed by atoms with Gasteiger partial charge in [0.15, 0.2) is 11.6 Å². The van der Waals surface area contributed by atoms with Crippen LogP contribution >= 0.6 is 0 Å². The maximum absolute atomic E-state index is 12.9. The Morgan fingerprint density at radius 2 is 1.46 bits per heavy atom. The Kier molecular flexibility index (Phi) is 3.53. The van der Waals surface area contributed by atoms with Crippen molar-refractivity contribution in [3.63, 3.8) is 0 Å². The van der Waals surface area contributed by atoms with Gasteiger partial charge in [0.2, 0.25) is 5.91 Å². The van der Waals surface area contributed by atoms with Crippen LogP contribution in [0.2, 0.25) is 0 Å². The number of amides is 1. The first-order chi connectivity index (χ1) is 11.7. The Hall–Kier alpha value is -2.75. The van der Waals surface area contributed by atoms with E-state index >= 15 is 0 Å². The van der Waals surface area contributed by atoms with Gasteiger partial charge in [-0.2, -0.15) is 0 Å². The number of nitrogens with one attached hydrogen (secondary N) is 1. The van der Waals surface area contributed by atoms with E-state index in [1.165, 1.54) is 0 Å². The molecule has 0 heterocycles. The molecule has 120 valence electrons. The van der Waals surface area contributed by atoms with Crippen molar-refractivity contribution < 1.29 is 14.4 Å². The van der Waals surface area contributed by atoms with Crippen LogP contribution in [0.1, 0.15) is 57.5 Å². The van der Waals surface area contributed by atoms with Gasteiger partial charge in [-0.25, -0.2) is 0 Å². The molecule has 0 bridgehead atoms. The van der Waals surface area contributed by atoms with Crippen LogP contribution in [0, 0.1) is 5.92 Å². The van der Waals surface area contributed by atoms with Crippen LogP contribution < -0.4 is 5.32 Å². The summed E-state index contributed by atoms with van der Waals surface area (Å²) in [6.45, 7) is 0. The lowest BCUT2D eigenvalue weighted by Crippen LogP contribution is -2.26. The zero-order valence-electron chi connectivity index (χ0n) is 13.2. The largest absolute Gasteiger partial charge is 0.325 e. The summed E-state index contributed by atoms with van der Waals surface area (Å²) in [5.74, 6) is -0.428. The molecule has 2 aliphatic carbocycles. The van der Waals surface area contributed by atoms with E-state index in [0.29, 0.717) is 27.9 Å². The monoisotopic (exact) mass is 319 g/mol. The van der Waals surface area contributed by atoms with E-state index in [9.17, 15) is 14.4 Å². The van der Waals surface area contributed by atoms with Crippen molar-refractivity contribution in [3.8, 4) is 0 Å². The molecule has 4 heteroatoms. The highest BCUT2D eigenvalue weighted by molar-refractivity contribution is 6.30.